The Bertz CT molecular complexity index is 1450. The van der Waals surface area contributed by atoms with E-state index in [2.05, 4.69) is 26.1 Å². The standard InChI is InChI=1S/C28H25Cl2NO4/c1-16(27(33)31-22-8-6-5-7-21(22)30)34-26-24(32)20-15-19(29)13-14-23(20)35-25(26)17-9-11-18(12-10-17)28(2,3)4/h5-16H,1-4H3,(H,31,33)/t16-/m1/s1. The number of hydrogen-bond donors (Lipinski definition) is 1. The Morgan fingerprint density at radius 1 is 1.00 bits per heavy atom. The predicted octanol–water partition coefficient (Wildman–Crippen LogP) is 7.47. The van der Waals surface area contributed by atoms with Gasteiger partial charge in [0.15, 0.2) is 11.9 Å². The average molecular weight is 510 g/mol. The third kappa shape index (κ3) is 5.37. The van der Waals surface area contributed by atoms with Crippen molar-refractivity contribution in [2.45, 2.75) is 39.2 Å². The van der Waals surface area contributed by atoms with Gasteiger partial charge in [-0.3, -0.25) is 9.59 Å². The lowest BCUT2D eigenvalue weighted by Gasteiger charge is -2.20. The maximum Gasteiger partial charge on any atom is 0.265 e. The third-order valence-corrected chi connectivity index (χ3v) is 6.18. The van der Waals surface area contributed by atoms with Gasteiger partial charge in [0, 0.05) is 10.6 Å². The van der Waals surface area contributed by atoms with E-state index >= 15 is 0 Å². The highest BCUT2D eigenvalue weighted by molar-refractivity contribution is 6.33. The first-order chi connectivity index (χ1) is 16.5. The molecule has 0 aliphatic heterocycles. The molecule has 1 atom stereocenters. The second kappa shape index (κ2) is 9.76. The van der Waals surface area contributed by atoms with Crippen molar-refractivity contribution < 1.29 is 13.9 Å². The van der Waals surface area contributed by atoms with Crippen LogP contribution in [0.4, 0.5) is 5.69 Å². The lowest BCUT2D eigenvalue weighted by molar-refractivity contribution is -0.122. The van der Waals surface area contributed by atoms with E-state index in [1.54, 1.807) is 43.3 Å². The summed E-state index contributed by atoms with van der Waals surface area (Å²) in [6, 6.07) is 19.4. The molecule has 1 N–H and O–H groups in total. The summed E-state index contributed by atoms with van der Waals surface area (Å²) < 4.78 is 12.1. The van der Waals surface area contributed by atoms with Crippen LogP contribution in [0.5, 0.6) is 5.75 Å². The molecule has 0 aliphatic rings. The van der Waals surface area contributed by atoms with Gasteiger partial charge in [0.1, 0.15) is 5.58 Å². The minimum absolute atomic E-state index is 0.0376. The first-order valence-electron chi connectivity index (χ1n) is 11.1. The maximum absolute atomic E-state index is 13.5. The number of halogens is 2. The Balaban J connectivity index is 1.76. The Hall–Kier alpha value is -3.28. The molecule has 35 heavy (non-hydrogen) atoms. The van der Waals surface area contributed by atoms with Gasteiger partial charge in [-0.15, -0.1) is 0 Å². The second-order valence-electron chi connectivity index (χ2n) is 9.29. The zero-order valence-corrected chi connectivity index (χ0v) is 21.3. The minimum Gasteiger partial charge on any atom is -0.473 e. The molecule has 3 aromatic carbocycles. The highest BCUT2D eigenvalue weighted by Gasteiger charge is 2.24. The summed E-state index contributed by atoms with van der Waals surface area (Å²) >= 11 is 12.3. The van der Waals surface area contributed by atoms with E-state index in [9.17, 15) is 9.59 Å². The summed E-state index contributed by atoms with van der Waals surface area (Å²) in [5, 5.41) is 3.78. The molecule has 7 heteroatoms. The molecule has 0 saturated carbocycles. The number of carbonyl (C=O) groups is 1. The zero-order valence-electron chi connectivity index (χ0n) is 19.8. The Labute approximate surface area is 213 Å². The van der Waals surface area contributed by atoms with Gasteiger partial charge in [-0.1, -0.05) is 80.4 Å². The topological polar surface area (TPSA) is 68.5 Å². The van der Waals surface area contributed by atoms with Crippen molar-refractivity contribution in [3.63, 3.8) is 0 Å². The fourth-order valence-electron chi connectivity index (χ4n) is 3.60. The van der Waals surface area contributed by atoms with Crippen LogP contribution in [0.2, 0.25) is 10.0 Å². The molecular weight excluding hydrogens is 485 g/mol. The number of nitrogens with one attached hydrogen (secondary N) is 1. The van der Waals surface area contributed by atoms with Crippen LogP contribution in [0, 0.1) is 0 Å². The zero-order chi connectivity index (χ0) is 25.3. The average Bonchev–Trinajstić information content (AvgIpc) is 2.82. The van der Waals surface area contributed by atoms with E-state index in [-0.39, 0.29) is 22.3 Å². The van der Waals surface area contributed by atoms with Gasteiger partial charge in [-0.25, -0.2) is 0 Å². The Morgan fingerprint density at radius 3 is 2.34 bits per heavy atom. The molecule has 1 aromatic heterocycles. The first kappa shape index (κ1) is 24.8. The predicted molar refractivity (Wildman–Crippen MR) is 142 cm³/mol. The summed E-state index contributed by atoms with van der Waals surface area (Å²) in [4.78, 5) is 26.3. The van der Waals surface area contributed by atoms with Gasteiger partial charge in [-0.2, -0.15) is 0 Å². The monoisotopic (exact) mass is 509 g/mol. The molecule has 4 aromatic rings. The van der Waals surface area contributed by atoms with Gasteiger partial charge in [0.05, 0.1) is 16.1 Å². The smallest absolute Gasteiger partial charge is 0.265 e. The van der Waals surface area contributed by atoms with Gasteiger partial charge >= 0.3 is 0 Å². The van der Waals surface area contributed by atoms with Crippen LogP contribution in [0.3, 0.4) is 0 Å². The molecule has 0 radical (unpaired) electrons. The molecule has 0 aliphatic carbocycles. The van der Waals surface area contributed by atoms with Crippen LogP contribution >= 0.6 is 23.2 Å². The van der Waals surface area contributed by atoms with E-state index in [1.807, 2.05) is 24.3 Å². The number of carbonyl (C=O) groups excluding carboxylic acids is 1. The number of para-hydroxylation sites is 1. The van der Waals surface area contributed by atoms with Crippen LogP contribution < -0.4 is 15.5 Å². The molecule has 4 rings (SSSR count). The van der Waals surface area contributed by atoms with E-state index in [0.717, 1.165) is 5.56 Å². The molecule has 1 amide bonds. The molecular formula is C28H25Cl2NO4. The molecule has 0 bridgehead atoms. The number of benzene rings is 3. The number of anilines is 1. The van der Waals surface area contributed by atoms with E-state index in [0.29, 0.717) is 26.9 Å². The van der Waals surface area contributed by atoms with Crippen molar-refractivity contribution in [2.75, 3.05) is 5.32 Å². The van der Waals surface area contributed by atoms with E-state index < -0.39 is 17.4 Å². The van der Waals surface area contributed by atoms with Crippen LogP contribution in [0.15, 0.2) is 75.9 Å². The Morgan fingerprint density at radius 2 is 1.69 bits per heavy atom. The van der Waals surface area contributed by atoms with Crippen LogP contribution in [0.25, 0.3) is 22.3 Å². The number of hydrogen-bond acceptors (Lipinski definition) is 4. The summed E-state index contributed by atoms with van der Waals surface area (Å²) in [6.07, 6.45) is -1.02. The normalized spacial score (nSPS) is 12.4. The molecule has 0 fully saturated rings. The molecule has 0 unspecified atom stereocenters. The van der Waals surface area contributed by atoms with E-state index in [1.165, 1.54) is 6.07 Å². The van der Waals surface area contributed by atoms with Crippen LogP contribution in [0.1, 0.15) is 33.3 Å². The molecule has 5 nitrogen and oxygen atoms in total. The summed E-state index contributed by atoms with van der Waals surface area (Å²) in [7, 11) is 0. The van der Waals surface area contributed by atoms with Crippen LogP contribution in [-0.4, -0.2) is 12.0 Å². The van der Waals surface area contributed by atoms with Gasteiger partial charge in [0.2, 0.25) is 11.2 Å². The van der Waals surface area contributed by atoms with Crippen molar-refractivity contribution in [2.24, 2.45) is 0 Å². The number of amides is 1. The van der Waals surface area contributed by atoms with Crippen molar-refractivity contribution >= 4 is 45.8 Å². The van der Waals surface area contributed by atoms with Crippen molar-refractivity contribution in [3.8, 4) is 17.1 Å². The molecule has 0 spiro atoms. The highest BCUT2D eigenvalue weighted by Crippen LogP contribution is 2.34. The first-order valence-corrected chi connectivity index (χ1v) is 11.9. The molecule has 1 heterocycles. The maximum atomic E-state index is 13.5. The van der Waals surface area contributed by atoms with Crippen molar-refractivity contribution in [1.29, 1.82) is 0 Å². The highest BCUT2D eigenvalue weighted by atomic mass is 35.5. The van der Waals surface area contributed by atoms with Crippen LogP contribution in [-0.2, 0) is 10.2 Å². The Kier molecular flexibility index (Phi) is 6.93. The number of rotatable bonds is 5. The quantitative estimate of drug-likeness (QED) is 0.302. The van der Waals surface area contributed by atoms with E-state index in [4.69, 9.17) is 32.4 Å². The SMILES string of the molecule is C[C@@H](Oc1c(-c2ccc(C(C)(C)C)cc2)oc2ccc(Cl)cc2c1=O)C(=O)Nc1ccccc1Cl. The van der Waals surface area contributed by atoms with Gasteiger partial charge in [-0.05, 0) is 48.2 Å². The van der Waals surface area contributed by atoms with Gasteiger partial charge in [0.25, 0.3) is 5.91 Å². The summed E-state index contributed by atoms with van der Waals surface area (Å²) in [6.45, 7) is 7.92. The number of fused-ring (bicyclic) bond motifs is 1. The number of ether oxygens (including phenoxy) is 1. The largest absolute Gasteiger partial charge is 0.473 e. The van der Waals surface area contributed by atoms with Crippen molar-refractivity contribution in [3.05, 3.63) is 92.6 Å². The van der Waals surface area contributed by atoms with Crippen molar-refractivity contribution in [1.82, 2.24) is 0 Å². The fourth-order valence-corrected chi connectivity index (χ4v) is 3.95. The minimum atomic E-state index is -1.02. The summed E-state index contributed by atoms with van der Waals surface area (Å²) in [5.41, 5.74) is 2.15. The fraction of sp³-hybridized carbons (Fsp3) is 0.214. The lowest BCUT2D eigenvalue weighted by Crippen LogP contribution is -2.32. The summed E-state index contributed by atoms with van der Waals surface area (Å²) in [5.74, 6) is -0.287. The molecule has 0 saturated heterocycles. The second-order valence-corrected chi connectivity index (χ2v) is 10.1. The van der Waals surface area contributed by atoms with Gasteiger partial charge < -0.3 is 14.5 Å². The third-order valence-electron chi connectivity index (χ3n) is 5.62. The lowest BCUT2D eigenvalue weighted by atomic mass is 9.86. The molecule has 180 valence electrons.